The van der Waals surface area contributed by atoms with Crippen LogP contribution in [0.15, 0.2) is 29.0 Å². The molecule has 1 saturated heterocycles. The van der Waals surface area contributed by atoms with E-state index in [0.717, 1.165) is 31.8 Å². The lowest BCUT2D eigenvalue weighted by Gasteiger charge is -2.33. The maximum absolute atomic E-state index is 13.5. The molecule has 9 nitrogen and oxygen atoms in total. The molecule has 168 valence electrons. The number of fused-ring (bicyclic) bond motifs is 1. The first-order valence-electron chi connectivity index (χ1n) is 10.7. The number of aromatic nitrogens is 6. The fraction of sp³-hybridized carbons (Fsp3) is 0.476. The lowest BCUT2D eigenvalue weighted by molar-refractivity contribution is 0.130. The van der Waals surface area contributed by atoms with Gasteiger partial charge in [0.05, 0.1) is 11.9 Å². The summed E-state index contributed by atoms with van der Waals surface area (Å²) in [6.07, 6.45) is 5.04. The van der Waals surface area contributed by atoms with Crippen LogP contribution in [0.4, 0.5) is 10.4 Å². The first-order chi connectivity index (χ1) is 15.5. The Balaban J connectivity index is 1.23. The van der Waals surface area contributed by atoms with E-state index >= 15 is 0 Å². The Labute approximate surface area is 188 Å². The molecule has 0 aliphatic carbocycles. The number of pyridine rings is 1. The van der Waals surface area contributed by atoms with Gasteiger partial charge in [0.15, 0.2) is 5.82 Å². The second kappa shape index (κ2) is 8.45. The van der Waals surface area contributed by atoms with Crippen molar-refractivity contribution in [2.45, 2.75) is 45.6 Å². The van der Waals surface area contributed by atoms with Crippen LogP contribution in [-0.4, -0.2) is 48.9 Å². The molecule has 1 fully saturated rings. The maximum atomic E-state index is 13.5. The number of nitrogens with zero attached hydrogens (tertiary/aromatic N) is 7. The predicted octanol–water partition coefficient (Wildman–Crippen LogP) is 4.18. The Hall–Kier alpha value is -3.08. The quantitative estimate of drug-likeness (QED) is 0.398. The first-order valence-corrected chi connectivity index (χ1v) is 11.5. The smallest absolute Gasteiger partial charge is 0.324 e. The summed E-state index contributed by atoms with van der Waals surface area (Å²) in [5.74, 6) is 0.839. The van der Waals surface area contributed by atoms with E-state index in [2.05, 4.69) is 37.0 Å². The summed E-state index contributed by atoms with van der Waals surface area (Å²) in [6.45, 7) is 7.86. The lowest BCUT2D eigenvalue weighted by Crippen LogP contribution is -2.38. The number of ether oxygens (including phenoxy) is 1. The van der Waals surface area contributed by atoms with E-state index in [1.165, 1.54) is 23.6 Å². The van der Waals surface area contributed by atoms with Gasteiger partial charge in [-0.1, -0.05) is 19.0 Å². The number of anilines is 1. The van der Waals surface area contributed by atoms with E-state index in [1.54, 1.807) is 16.8 Å². The summed E-state index contributed by atoms with van der Waals surface area (Å²) in [4.78, 5) is 15.3. The largest absolute Gasteiger partial charge is 0.466 e. The summed E-state index contributed by atoms with van der Waals surface area (Å²) < 4.78 is 26.8. The van der Waals surface area contributed by atoms with Crippen molar-refractivity contribution in [2.24, 2.45) is 5.92 Å². The molecule has 4 aromatic rings. The van der Waals surface area contributed by atoms with Gasteiger partial charge < -0.3 is 14.2 Å². The molecular weight excluding hydrogens is 433 g/mol. The highest BCUT2D eigenvalue weighted by atomic mass is 32.1. The van der Waals surface area contributed by atoms with Crippen LogP contribution in [0.1, 0.15) is 45.4 Å². The van der Waals surface area contributed by atoms with Crippen LogP contribution in [0.25, 0.3) is 16.2 Å². The predicted molar refractivity (Wildman–Crippen MR) is 117 cm³/mol. The molecule has 0 radical (unpaired) electrons. The Kier molecular flexibility index (Phi) is 5.50. The van der Waals surface area contributed by atoms with Crippen LogP contribution in [0.5, 0.6) is 5.19 Å². The Morgan fingerprint density at radius 2 is 2.03 bits per heavy atom. The van der Waals surface area contributed by atoms with Crippen LogP contribution in [0, 0.1) is 11.9 Å². The zero-order valence-corrected chi connectivity index (χ0v) is 18.9. The van der Waals surface area contributed by atoms with Crippen LogP contribution >= 0.6 is 11.3 Å². The van der Waals surface area contributed by atoms with Gasteiger partial charge in [0.2, 0.25) is 10.9 Å². The topological polar surface area (TPSA) is 94.5 Å². The van der Waals surface area contributed by atoms with Gasteiger partial charge in [-0.3, -0.25) is 0 Å². The van der Waals surface area contributed by atoms with Gasteiger partial charge in [0.1, 0.15) is 6.10 Å². The molecule has 1 atom stereocenters. The average Bonchev–Trinajstić information content (AvgIpc) is 3.50. The third-order valence-corrected chi connectivity index (χ3v) is 6.61. The Morgan fingerprint density at radius 3 is 2.75 bits per heavy atom. The summed E-state index contributed by atoms with van der Waals surface area (Å²) >= 11 is 1.38. The van der Waals surface area contributed by atoms with E-state index in [0.29, 0.717) is 33.3 Å². The molecule has 11 heteroatoms. The summed E-state index contributed by atoms with van der Waals surface area (Å²) in [7, 11) is 0. The SMILES string of the molecule is CC(C)c1noc(N2CCC([C@H](C)Oc3nn4c(-c5ccnc(F)c5)cnc4s3)CC2)n1. The molecule has 0 spiro atoms. The Bertz CT molecular complexity index is 1210. The van der Waals surface area contributed by atoms with Gasteiger partial charge in [-0.25, -0.2) is 9.97 Å². The Morgan fingerprint density at radius 1 is 1.22 bits per heavy atom. The van der Waals surface area contributed by atoms with Gasteiger partial charge in [-0.2, -0.15) is 13.9 Å². The minimum absolute atomic E-state index is 0.00346. The lowest BCUT2D eigenvalue weighted by atomic mass is 9.92. The van der Waals surface area contributed by atoms with Crippen molar-refractivity contribution in [3.63, 3.8) is 0 Å². The van der Waals surface area contributed by atoms with Crippen LogP contribution in [0.2, 0.25) is 0 Å². The molecule has 4 aromatic heterocycles. The molecule has 32 heavy (non-hydrogen) atoms. The second-order valence-corrected chi connectivity index (χ2v) is 9.23. The van der Waals surface area contributed by atoms with E-state index in [9.17, 15) is 4.39 Å². The standard InChI is InChI=1S/C21H24FN7O2S/c1-12(2)18-25-19(31-27-18)28-8-5-14(6-9-28)13(3)30-21-26-29-16(11-24-20(29)32-21)15-4-7-23-17(22)10-15/h4,7,10-14H,5-6,8-9H2,1-3H3/t13-/m0/s1. The zero-order chi connectivity index (χ0) is 22.2. The van der Waals surface area contributed by atoms with Crippen molar-refractivity contribution >= 4 is 22.3 Å². The van der Waals surface area contributed by atoms with Gasteiger partial charge in [-0.05, 0) is 43.1 Å². The van der Waals surface area contributed by atoms with E-state index in [-0.39, 0.29) is 12.0 Å². The molecule has 0 amide bonds. The molecule has 5 rings (SSSR count). The number of hydrogen-bond acceptors (Lipinski definition) is 9. The fourth-order valence-electron chi connectivity index (χ4n) is 3.89. The van der Waals surface area contributed by atoms with Crippen LogP contribution < -0.4 is 9.64 Å². The van der Waals surface area contributed by atoms with Crippen molar-refractivity contribution in [3.05, 3.63) is 36.3 Å². The third kappa shape index (κ3) is 4.04. The maximum Gasteiger partial charge on any atom is 0.324 e. The average molecular weight is 458 g/mol. The van der Waals surface area contributed by atoms with Crippen molar-refractivity contribution in [2.75, 3.05) is 18.0 Å². The highest BCUT2D eigenvalue weighted by Crippen LogP contribution is 2.31. The number of imidazole rings is 1. The minimum Gasteiger partial charge on any atom is -0.466 e. The monoisotopic (exact) mass is 457 g/mol. The number of hydrogen-bond donors (Lipinski definition) is 0. The van der Waals surface area contributed by atoms with E-state index < -0.39 is 5.95 Å². The summed E-state index contributed by atoms with van der Waals surface area (Å²) in [6, 6.07) is 3.70. The molecular formula is C21H24FN7O2S. The van der Waals surface area contributed by atoms with Gasteiger partial charge in [0, 0.05) is 36.8 Å². The first kappa shape index (κ1) is 20.8. The molecule has 0 N–H and O–H groups in total. The fourth-order valence-corrected chi connectivity index (χ4v) is 4.70. The highest BCUT2D eigenvalue weighted by molar-refractivity contribution is 7.18. The van der Waals surface area contributed by atoms with Crippen LogP contribution in [0.3, 0.4) is 0 Å². The molecule has 5 heterocycles. The zero-order valence-electron chi connectivity index (χ0n) is 18.1. The number of halogens is 1. The van der Waals surface area contributed by atoms with Crippen molar-refractivity contribution in [1.29, 1.82) is 0 Å². The van der Waals surface area contributed by atoms with Gasteiger partial charge >= 0.3 is 6.01 Å². The van der Waals surface area contributed by atoms with E-state index in [1.807, 2.05) is 13.8 Å². The second-order valence-electron chi connectivity index (χ2n) is 8.31. The molecule has 0 aromatic carbocycles. The molecule has 0 unspecified atom stereocenters. The third-order valence-electron chi connectivity index (χ3n) is 5.80. The molecule has 0 saturated carbocycles. The normalized spacial score (nSPS) is 16.2. The van der Waals surface area contributed by atoms with Gasteiger partial charge in [0.25, 0.3) is 5.19 Å². The van der Waals surface area contributed by atoms with E-state index in [4.69, 9.17) is 9.26 Å². The summed E-state index contributed by atoms with van der Waals surface area (Å²) in [5, 5.41) is 9.17. The molecule has 0 bridgehead atoms. The van der Waals surface area contributed by atoms with Crippen molar-refractivity contribution in [3.8, 4) is 16.5 Å². The number of piperidine rings is 1. The number of rotatable bonds is 6. The van der Waals surface area contributed by atoms with Crippen molar-refractivity contribution in [1.82, 2.24) is 29.7 Å². The molecule has 1 aliphatic heterocycles. The van der Waals surface area contributed by atoms with Crippen molar-refractivity contribution < 1.29 is 13.7 Å². The molecule has 1 aliphatic rings. The highest BCUT2D eigenvalue weighted by Gasteiger charge is 2.28. The van der Waals surface area contributed by atoms with Crippen LogP contribution in [-0.2, 0) is 0 Å². The minimum atomic E-state index is -0.537. The van der Waals surface area contributed by atoms with Gasteiger partial charge in [-0.15, -0.1) is 5.10 Å². The summed E-state index contributed by atoms with van der Waals surface area (Å²) in [5.41, 5.74) is 1.37.